The van der Waals surface area contributed by atoms with Gasteiger partial charge in [-0.2, -0.15) is 0 Å². The molecule has 0 unspecified atom stereocenters. The summed E-state index contributed by atoms with van der Waals surface area (Å²) < 4.78 is 14.1. The molecule has 4 rings (SSSR count). The van der Waals surface area contributed by atoms with E-state index in [2.05, 4.69) is 27.4 Å². The van der Waals surface area contributed by atoms with Gasteiger partial charge in [0.25, 0.3) is 0 Å². The molecule has 158 valence electrons. The summed E-state index contributed by atoms with van der Waals surface area (Å²) >= 11 is 1.53. The number of carbonyl (C=O) groups excluding carboxylic acids is 1. The van der Waals surface area contributed by atoms with Crippen LogP contribution in [0.3, 0.4) is 0 Å². The van der Waals surface area contributed by atoms with Crippen LogP contribution in [0, 0.1) is 26.6 Å². The highest BCUT2D eigenvalue weighted by atomic mass is 32.1. The van der Waals surface area contributed by atoms with Gasteiger partial charge in [-0.1, -0.05) is 29.8 Å². The quantitative estimate of drug-likeness (QED) is 0.451. The summed E-state index contributed by atoms with van der Waals surface area (Å²) in [6.45, 7) is 6.19. The van der Waals surface area contributed by atoms with Gasteiger partial charge in [0.05, 0.1) is 16.8 Å². The molecular formula is C24H23FN4OS. The first-order valence-corrected chi connectivity index (χ1v) is 10.7. The summed E-state index contributed by atoms with van der Waals surface area (Å²) in [6, 6.07) is 12.5. The van der Waals surface area contributed by atoms with Gasteiger partial charge in [-0.15, -0.1) is 11.3 Å². The summed E-state index contributed by atoms with van der Waals surface area (Å²) in [5, 5.41) is 3.03. The zero-order valence-electron chi connectivity index (χ0n) is 17.9. The Labute approximate surface area is 184 Å². The first-order valence-electron chi connectivity index (χ1n) is 9.91. The molecule has 0 radical (unpaired) electrons. The average molecular weight is 435 g/mol. The standard InChI is InChI=1S/C24H23FN4OS/c1-14-9-15(2)22(16(3)10-14)28-21(30)12-29(4)24-23-19(26-13-27-24)11-20(31-23)17-5-7-18(25)8-6-17/h5-11,13H,12H2,1-4H3,(H,28,30). The normalized spacial score (nSPS) is 11.0. The Balaban J connectivity index is 1.57. The molecule has 0 spiro atoms. The first-order chi connectivity index (χ1) is 14.8. The number of nitrogens with zero attached hydrogens (tertiary/aromatic N) is 3. The fourth-order valence-electron chi connectivity index (χ4n) is 3.72. The lowest BCUT2D eigenvalue weighted by molar-refractivity contribution is -0.114. The molecule has 2 heterocycles. The molecule has 5 nitrogen and oxygen atoms in total. The van der Waals surface area contributed by atoms with E-state index in [9.17, 15) is 9.18 Å². The number of aromatic nitrogens is 2. The minimum Gasteiger partial charge on any atom is -0.349 e. The molecule has 0 fully saturated rings. The van der Waals surface area contributed by atoms with E-state index in [1.165, 1.54) is 35.4 Å². The maximum atomic E-state index is 13.3. The lowest BCUT2D eigenvalue weighted by atomic mass is 10.1. The van der Waals surface area contributed by atoms with Crippen molar-refractivity contribution < 1.29 is 9.18 Å². The summed E-state index contributed by atoms with van der Waals surface area (Å²) in [4.78, 5) is 24.3. The maximum absolute atomic E-state index is 13.3. The van der Waals surface area contributed by atoms with Crippen LogP contribution in [0.5, 0.6) is 0 Å². The van der Waals surface area contributed by atoms with Crippen molar-refractivity contribution in [2.45, 2.75) is 20.8 Å². The van der Waals surface area contributed by atoms with Crippen molar-refractivity contribution in [3.8, 4) is 10.4 Å². The SMILES string of the molecule is Cc1cc(C)c(NC(=O)CN(C)c2ncnc3cc(-c4ccc(F)cc4)sc23)c(C)c1. The molecule has 2 aromatic carbocycles. The third-order valence-electron chi connectivity index (χ3n) is 5.10. The molecule has 0 aliphatic heterocycles. The Kier molecular flexibility index (Phi) is 5.69. The summed E-state index contributed by atoms with van der Waals surface area (Å²) in [7, 11) is 1.84. The third kappa shape index (κ3) is 4.41. The summed E-state index contributed by atoms with van der Waals surface area (Å²) in [6.07, 6.45) is 1.50. The van der Waals surface area contributed by atoms with E-state index in [0.29, 0.717) is 5.82 Å². The average Bonchev–Trinajstić information content (AvgIpc) is 3.15. The number of hydrogen-bond acceptors (Lipinski definition) is 5. The highest BCUT2D eigenvalue weighted by molar-refractivity contribution is 7.22. The molecule has 0 saturated heterocycles. The molecule has 31 heavy (non-hydrogen) atoms. The van der Waals surface area contributed by atoms with E-state index in [-0.39, 0.29) is 18.3 Å². The van der Waals surface area contributed by atoms with Crippen LogP contribution >= 0.6 is 11.3 Å². The number of benzene rings is 2. The van der Waals surface area contributed by atoms with Crippen LogP contribution in [0.4, 0.5) is 15.9 Å². The van der Waals surface area contributed by atoms with Crippen LogP contribution in [0.2, 0.25) is 0 Å². The maximum Gasteiger partial charge on any atom is 0.243 e. The van der Waals surface area contributed by atoms with Crippen LogP contribution in [0.1, 0.15) is 16.7 Å². The van der Waals surface area contributed by atoms with Gasteiger partial charge < -0.3 is 10.2 Å². The number of fused-ring (bicyclic) bond motifs is 1. The zero-order valence-corrected chi connectivity index (χ0v) is 18.7. The second kappa shape index (κ2) is 8.43. The van der Waals surface area contributed by atoms with Crippen molar-refractivity contribution in [2.75, 3.05) is 23.8 Å². The molecular weight excluding hydrogens is 411 g/mol. The Morgan fingerprint density at radius 1 is 1.06 bits per heavy atom. The number of anilines is 2. The van der Waals surface area contributed by atoms with Crippen LogP contribution in [0.15, 0.2) is 48.8 Å². The second-order valence-corrected chi connectivity index (χ2v) is 8.76. The topological polar surface area (TPSA) is 58.1 Å². The van der Waals surface area contributed by atoms with Crippen LogP contribution in [0.25, 0.3) is 20.7 Å². The predicted molar refractivity (Wildman–Crippen MR) is 125 cm³/mol. The van der Waals surface area contributed by atoms with Crippen molar-refractivity contribution >= 4 is 39.0 Å². The molecule has 2 aromatic heterocycles. The van der Waals surface area contributed by atoms with Crippen molar-refractivity contribution in [3.63, 3.8) is 0 Å². The minimum absolute atomic E-state index is 0.111. The molecule has 1 N–H and O–H groups in total. The van der Waals surface area contributed by atoms with E-state index in [0.717, 1.165) is 37.5 Å². The molecule has 0 aliphatic rings. The van der Waals surface area contributed by atoms with Crippen molar-refractivity contribution in [1.82, 2.24) is 9.97 Å². The number of amides is 1. The monoisotopic (exact) mass is 434 g/mol. The molecule has 1 amide bonds. The third-order valence-corrected chi connectivity index (χ3v) is 6.27. The van der Waals surface area contributed by atoms with Crippen LogP contribution < -0.4 is 10.2 Å². The fourth-order valence-corrected chi connectivity index (χ4v) is 4.88. The molecule has 7 heteroatoms. The Bertz CT molecular complexity index is 1240. The fraction of sp³-hybridized carbons (Fsp3) is 0.208. The highest BCUT2D eigenvalue weighted by Gasteiger charge is 2.17. The lowest BCUT2D eigenvalue weighted by Gasteiger charge is -2.19. The number of halogens is 1. The van der Waals surface area contributed by atoms with Gasteiger partial charge in [-0.05, 0) is 55.7 Å². The van der Waals surface area contributed by atoms with Gasteiger partial charge in [-0.3, -0.25) is 4.79 Å². The van der Waals surface area contributed by atoms with Crippen LogP contribution in [-0.4, -0.2) is 29.5 Å². The Hall–Kier alpha value is -3.32. The molecule has 0 atom stereocenters. The van der Waals surface area contributed by atoms with Crippen molar-refractivity contribution in [3.05, 3.63) is 71.3 Å². The van der Waals surface area contributed by atoms with E-state index in [1.54, 1.807) is 12.1 Å². The zero-order chi connectivity index (χ0) is 22.1. The number of aryl methyl sites for hydroxylation is 3. The Morgan fingerprint density at radius 3 is 2.42 bits per heavy atom. The number of nitrogens with one attached hydrogen (secondary N) is 1. The highest BCUT2D eigenvalue weighted by Crippen LogP contribution is 2.36. The largest absolute Gasteiger partial charge is 0.349 e. The molecule has 0 bridgehead atoms. The number of rotatable bonds is 5. The van der Waals surface area contributed by atoms with E-state index >= 15 is 0 Å². The van der Waals surface area contributed by atoms with E-state index in [4.69, 9.17) is 0 Å². The van der Waals surface area contributed by atoms with Gasteiger partial charge >= 0.3 is 0 Å². The van der Waals surface area contributed by atoms with Gasteiger partial charge in [0.15, 0.2) is 0 Å². The Morgan fingerprint density at radius 2 is 1.74 bits per heavy atom. The predicted octanol–water partition coefficient (Wildman–Crippen LogP) is 5.50. The lowest BCUT2D eigenvalue weighted by Crippen LogP contribution is -2.31. The number of carbonyl (C=O) groups is 1. The van der Waals surface area contributed by atoms with Crippen molar-refractivity contribution in [1.29, 1.82) is 0 Å². The van der Waals surface area contributed by atoms with E-state index < -0.39 is 0 Å². The van der Waals surface area contributed by atoms with Gasteiger partial charge in [0.1, 0.15) is 18.0 Å². The number of likely N-dealkylation sites (N-methyl/N-ethyl adjacent to an activating group) is 1. The molecule has 0 saturated carbocycles. The van der Waals surface area contributed by atoms with Crippen molar-refractivity contribution in [2.24, 2.45) is 0 Å². The molecule has 0 aliphatic carbocycles. The second-order valence-electron chi connectivity index (χ2n) is 7.71. The summed E-state index contributed by atoms with van der Waals surface area (Å²) in [5.74, 6) is 0.311. The van der Waals surface area contributed by atoms with Gasteiger partial charge in [0.2, 0.25) is 5.91 Å². The number of hydrogen-bond donors (Lipinski definition) is 1. The summed E-state index contributed by atoms with van der Waals surface area (Å²) in [5.41, 5.74) is 5.82. The smallest absolute Gasteiger partial charge is 0.243 e. The molecule has 4 aromatic rings. The van der Waals surface area contributed by atoms with Gasteiger partial charge in [-0.25, -0.2) is 14.4 Å². The number of thiophene rings is 1. The first kappa shape index (κ1) is 20.9. The van der Waals surface area contributed by atoms with Crippen LogP contribution in [-0.2, 0) is 4.79 Å². The minimum atomic E-state index is -0.268. The van der Waals surface area contributed by atoms with Gasteiger partial charge in [0, 0.05) is 17.6 Å². The van der Waals surface area contributed by atoms with E-state index in [1.807, 2.05) is 38.8 Å².